The number of benzene rings is 1. The number of rotatable bonds is 4. The summed E-state index contributed by atoms with van der Waals surface area (Å²) in [6, 6.07) is 7.69. The van der Waals surface area contributed by atoms with Crippen LogP contribution in [0.15, 0.2) is 40.6 Å². The van der Waals surface area contributed by atoms with Crippen molar-refractivity contribution in [2.24, 2.45) is 5.92 Å². The minimum absolute atomic E-state index is 0.190. The number of aromatic amines is 1. The highest BCUT2D eigenvalue weighted by Crippen LogP contribution is 2.26. The first-order chi connectivity index (χ1) is 13.7. The molecule has 0 spiro atoms. The van der Waals surface area contributed by atoms with E-state index >= 15 is 0 Å². The highest BCUT2D eigenvalue weighted by molar-refractivity contribution is 7.17. The summed E-state index contributed by atoms with van der Waals surface area (Å²) in [5.74, 6) is 1.58. The van der Waals surface area contributed by atoms with Crippen LogP contribution < -0.4 is 10.3 Å². The minimum atomic E-state index is -0.190. The largest absolute Gasteiger partial charge is 0.493 e. The summed E-state index contributed by atoms with van der Waals surface area (Å²) in [5, 5.41) is 3.64. The van der Waals surface area contributed by atoms with Crippen molar-refractivity contribution >= 4 is 32.3 Å². The first kappa shape index (κ1) is 17.3. The van der Waals surface area contributed by atoms with Gasteiger partial charge in [-0.15, -0.1) is 11.3 Å². The van der Waals surface area contributed by atoms with Gasteiger partial charge in [0.2, 0.25) is 0 Å². The number of pyridine rings is 1. The fourth-order valence-electron chi connectivity index (χ4n) is 3.51. The number of hydrogen-bond donors (Lipinski definition) is 1. The Morgan fingerprint density at radius 3 is 3.14 bits per heavy atom. The Hall–Kier alpha value is -2.77. The van der Waals surface area contributed by atoms with Gasteiger partial charge in [0.1, 0.15) is 11.4 Å². The Bertz CT molecular complexity index is 1220. The molecule has 3 aromatic heterocycles. The van der Waals surface area contributed by atoms with Gasteiger partial charge in [-0.2, -0.15) is 0 Å². The van der Waals surface area contributed by atoms with Crippen LogP contribution in [-0.4, -0.2) is 34.8 Å². The summed E-state index contributed by atoms with van der Waals surface area (Å²) < 4.78 is 12.4. The minimum Gasteiger partial charge on any atom is -0.493 e. The van der Waals surface area contributed by atoms with Gasteiger partial charge in [-0.25, -0.2) is 4.98 Å². The number of fused-ring (bicyclic) bond motifs is 2. The van der Waals surface area contributed by atoms with E-state index in [9.17, 15) is 4.79 Å². The van der Waals surface area contributed by atoms with E-state index < -0.39 is 0 Å². The molecule has 1 N–H and O–H groups in total. The zero-order valence-corrected chi connectivity index (χ0v) is 16.2. The van der Waals surface area contributed by atoms with E-state index in [1.54, 1.807) is 17.4 Å². The molecule has 1 aliphatic rings. The fourth-order valence-corrected chi connectivity index (χ4v) is 4.25. The van der Waals surface area contributed by atoms with Gasteiger partial charge in [0, 0.05) is 18.7 Å². The fraction of sp³-hybridized carbons (Fsp3) is 0.286. The van der Waals surface area contributed by atoms with Crippen molar-refractivity contribution in [3.8, 4) is 17.3 Å². The van der Waals surface area contributed by atoms with E-state index in [0.717, 1.165) is 35.3 Å². The Kier molecular flexibility index (Phi) is 4.33. The van der Waals surface area contributed by atoms with Crippen molar-refractivity contribution in [3.63, 3.8) is 0 Å². The van der Waals surface area contributed by atoms with E-state index in [1.165, 1.54) is 0 Å². The smallest absolute Gasteiger partial charge is 0.259 e. The topological polar surface area (TPSA) is 77.1 Å². The second-order valence-electron chi connectivity index (χ2n) is 7.12. The lowest BCUT2D eigenvalue weighted by atomic mass is 10.1. The lowest BCUT2D eigenvalue weighted by Crippen LogP contribution is -2.13. The summed E-state index contributed by atoms with van der Waals surface area (Å²) in [4.78, 5) is 24.8. The molecule has 6 nitrogen and oxygen atoms in total. The molecule has 0 bridgehead atoms. The molecule has 7 heteroatoms. The monoisotopic (exact) mass is 393 g/mol. The van der Waals surface area contributed by atoms with Crippen LogP contribution in [0.2, 0.25) is 0 Å². The van der Waals surface area contributed by atoms with Gasteiger partial charge in [-0.3, -0.25) is 9.78 Å². The van der Waals surface area contributed by atoms with Crippen LogP contribution in [-0.2, 0) is 4.74 Å². The average Bonchev–Trinajstić information content (AvgIpc) is 3.38. The molecular weight excluding hydrogens is 374 g/mol. The molecule has 0 aliphatic carbocycles. The van der Waals surface area contributed by atoms with Gasteiger partial charge in [0.15, 0.2) is 5.82 Å². The van der Waals surface area contributed by atoms with Gasteiger partial charge in [-0.1, -0.05) is 0 Å². The third-order valence-electron chi connectivity index (χ3n) is 5.07. The van der Waals surface area contributed by atoms with Crippen molar-refractivity contribution in [1.82, 2.24) is 15.0 Å². The molecular formula is C21H19N3O3S. The van der Waals surface area contributed by atoms with Crippen LogP contribution in [0.1, 0.15) is 12.0 Å². The molecule has 0 radical (unpaired) electrons. The highest BCUT2D eigenvalue weighted by Gasteiger charge is 2.17. The molecule has 0 saturated carbocycles. The summed E-state index contributed by atoms with van der Waals surface area (Å²) in [5.41, 5.74) is 2.04. The molecule has 5 rings (SSSR count). The number of H-pyrrole nitrogens is 1. The van der Waals surface area contributed by atoms with Gasteiger partial charge in [0.05, 0.1) is 28.8 Å². The van der Waals surface area contributed by atoms with E-state index in [1.807, 2.05) is 36.7 Å². The summed E-state index contributed by atoms with van der Waals surface area (Å²) in [6.07, 6.45) is 2.83. The van der Waals surface area contributed by atoms with Crippen LogP contribution in [0.5, 0.6) is 5.75 Å². The summed E-state index contributed by atoms with van der Waals surface area (Å²) >= 11 is 1.64. The van der Waals surface area contributed by atoms with E-state index in [2.05, 4.69) is 15.0 Å². The maximum Gasteiger partial charge on any atom is 0.259 e. The van der Waals surface area contributed by atoms with Crippen LogP contribution >= 0.6 is 11.3 Å². The van der Waals surface area contributed by atoms with Gasteiger partial charge >= 0.3 is 0 Å². The van der Waals surface area contributed by atoms with Crippen molar-refractivity contribution < 1.29 is 9.47 Å². The Balaban J connectivity index is 1.52. The molecule has 4 heterocycles. The molecule has 0 amide bonds. The zero-order valence-electron chi connectivity index (χ0n) is 15.4. The number of nitrogens with zero attached hydrogens (tertiary/aromatic N) is 2. The molecule has 1 fully saturated rings. The first-order valence-corrected chi connectivity index (χ1v) is 10.1. The van der Waals surface area contributed by atoms with Crippen LogP contribution in [0.3, 0.4) is 0 Å². The first-order valence-electron chi connectivity index (χ1n) is 9.26. The van der Waals surface area contributed by atoms with Crippen molar-refractivity contribution in [3.05, 3.63) is 51.8 Å². The van der Waals surface area contributed by atoms with E-state index in [4.69, 9.17) is 9.47 Å². The lowest BCUT2D eigenvalue weighted by molar-refractivity contribution is 0.167. The number of hydrogen-bond acceptors (Lipinski definition) is 6. The molecule has 1 atom stereocenters. The zero-order chi connectivity index (χ0) is 19.1. The molecule has 28 heavy (non-hydrogen) atoms. The van der Waals surface area contributed by atoms with Gasteiger partial charge < -0.3 is 14.5 Å². The maximum atomic E-state index is 12.8. The second-order valence-corrected chi connectivity index (χ2v) is 8.07. The molecule has 1 unspecified atom stereocenters. The maximum absolute atomic E-state index is 12.8. The average molecular weight is 393 g/mol. The van der Waals surface area contributed by atoms with Crippen LogP contribution in [0.25, 0.3) is 32.5 Å². The van der Waals surface area contributed by atoms with E-state index in [0.29, 0.717) is 40.7 Å². The Labute approximate surface area is 165 Å². The predicted octanol–water partition coefficient (Wildman–Crippen LogP) is 3.92. The Morgan fingerprint density at radius 1 is 1.36 bits per heavy atom. The van der Waals surface area contributed by atoms with Gasteiger partial charge in [0.25, 0.3) is 5.56 Å². The number of thiophene rings is 1. The highest BCUT2D eigenvalue weighted by atomic mass is 32.1. The summed E-state index contributed by atoms with van der Waals surface area (Å²) in [6.45, 7) is 4.07. The molecule has 1 aromatic carbocycles. The molecule has 1 saturated heterocycles. The number of aryl methyl sites for hydroxylation is 1. The third-order valence-corrected chi connectivity index (χ3v) is 5.93. The van der Waals surface area contributed by atoms with Gasteiger partial charge in [-0.05, 0) is 53.9 Å². The van der Waals surface area contributed by atoms with Crippen LogP contribution in [0, 0.1) is 12.8 Å². The number of nitrogens with one attached hydrogen (secondary N) is 1. The standard InChI is InChI=1S/C21H19N3O3S/c1-12-6-15(27-11-13-2-4-26-10-13)8-16-19(12)23-20(24-21(16)25)17-7-14-3-5-28-18(14)9-22-17/h3,5-9,13H,2,4,10-11H2,1H3,(H,23,24,25). The summed E-state index contributed by atoms with van der Waals surface area (Å²) in [7, 11) is 0. The number of ether oxygens (including phenoxy) is 2. The van der Waals surface area contributed by atoms with Crippen molar-refractivity contribution in [1.29, 1.82) is 0 Å². The molecule has 4 aromatic rings. The quantitative estimate of drug-likeness (QED) is 0.569. The number of aromatic nitrogens is 3. The normalized spacial score (nSPS) is 16.8. The Morgan fingerprint density at radius 2 is 2.29 bits per heavy atom. The van der Waals surface area contributed by atoms with Crippen molar-refractivity contribution in [2.45, 2.75) is 13.3 Å². The van der Waals surface area contributed by atoms with Crippen LogP contribution in [0.4, 0.5) is 0 Å². The van der Waals surface area contributed by atoms with E-state index in [-0.39, 0.29) is 5.56 Å². The third kappa shape index (κ3) is 3.16. The van der Waals surface area contributed by atoms with Crippen molar-refractivity contribution in [2.75, 3.05) is 19.8 Å². The second kappa shape index (κ2) is 7.00. The predicted molar refractivity (Wildman–Crippen MR) is 110 cm³/mol. The SMILES string of the molecule is Cc1cc(OCC2CCOC2)cc2c(=O)[nH]c(-c3cc4ccsc4cn3)nc12. The molecule has 142 valence electrons. The molecule has 1 aliphatic heterocycles. The lowest BCUT2D eigenvalue weighted by Gasteiger charge is -2.12.